The highest BCUT2D eigenvalue weighted by atomic mass is 32.2. The third kappa shape index (κ3) is 4.65. The van der Waals surface area contributed by atoms with Crippen LogP contribution >= 0.6 is 0 Å². The molecule has 19 heavy (non-hydrogen) atoms. The third-order valence-corrected chi connectivity index (χ3v) is 4.69. The molecule has 1 N–H and O–H groups in total. The molecule has 0 unspecified atom stereocenters. The fourth-order valence-electron chi connectivity index (χ4n) is 1.63. The van der Waals surface area contributed by atoms with E-state index in [-0.39, 0.29) is 24.2 Å². The summed E-state index contributed by atoms with van der Waals surface area (Å²) < 4.78 is 24.1. The highest BCUT2D eigenvalue weighted by molar-refractivity contribution is 7.89. The Hall–Kier alpha value is -1.40. The van der Waals surface area contributed by atoms with Gasteiger partial charge in [0.2, 0.25) is 15.9 Å². The van der Waals surface area contributed by atoms with Crippen molar-refractivity contribution >= 4 is 15.9 Å². The monoisotopic (exact) mass is 284 g/mol. The lowest BCUT2D eigenvalue weighted by Gasteiger charge is -2.18. The fraction of sp³-hybridized carbons (Fsp3) is 0.462. The Morgan fingerprint density at radius 3 is 2.42 bits per heavy atom. The van der Waals surface area contributed by atoms with Gasteiger partial charge in [-0.15, -0.1) is 0 Å². The average Bonchev–Trinajstić information content (AvgIpc) is 2.39. The van der Waals surface area contributed by atoms with E-state index < -0.39 is 10.0 Å². The molecule has 0 saturated heterocycles. The lowest BCUT2D eigenvalue weighted by atomic mass is 10.1. The molecular weight excluding hydrogens is 264 g/mol. The maximum Gasteiger partial charge on any atom is 0.235 e. The largest absolute Gasteiger partial charge is 0.348 e. The molecule has 1 atom stereocenters. The van der Waals surface area contributed by atoms with Crippen LogP contribution in [0.15, 0.2) is 30.3 Å². The van der Waals surface area contributed by atoms with Crippen molar-refractivity contribution < 1.29 is 13.2 Å². The van der Waals surface area contributed by atoms with Crippen molar-refractivity contribution in [2.24, 2.45) is 0 Å². The summed E-state index contributed by atoms with van der Waals surface area (Å²) in [5.74, 6) is -0.318. The summed E-state index contributed by atoms with van der Waals surface area (Å²) >= 11 is 0. The van der Waals surface area contributed by atoms with Crippen molar-refractivity contribution in [2.45, 2.75) is 19.9 Å². The van der Waals surface area contributed by atoms with Gasteiger partial charge >= 0.3 is 0 Å². The molecule has 0 aliphatic rings. The normalized spacial score (nSPS) is 13.3. The molecule has 0 heterocycles. The maximum absolute atomic E-state index is 11.8. The van der Waals surface area contributed by atoms with Gasteiger partial charge in [-0.1, -0.05) is 30.3 Å². The number of nitrogens with zero attached hydrogens (tertiary/aromatic N) is 1. The van der Waals surface area contributed by atoms with Crippen molar-refractivity contribution in [1.82, 2.24) is 9.62 Å². The molecular formula is C13H20N2O3S. The van der Waals surface area contributed by atoms with Crippen molar-refractivity contribution in [1.29, 1.82) is 0 Å². The number of likely N-dealkylation sites (N-methyl/N-ethyl adjacent to an activating group) is 1. The first kappa shape index (κ1) is 15.7. The summed E-state index contributed by atoms with van der Waals surface area (Å²) in [7, 11) is -1.91. The van der Waals surface area contributed by atoms with E-state index in [0.29, 0.717) is 0 Å². The first-order chi connectivity index (χ1) is 8.86. The second-order valence-corrected chi connectivity index (χ2v) is 6.72. The molecule has 0 saturated carbocycles. The molecule has 0 spiro atoms. The number of hydrogen-bond donors (Lipinski definition) is 1. The molecule has 1 rings (SSSR count). The zero-order valence-electron chi connectivity index (χ0n) is 11.5. The molecule has 0 radical (unpaired) electrons. The topological polar surface area (TPSA) is 66.5 Å². The van der Waals surface area contributed by atoms with Gasteiger partial charge in [-0.05, 0) is 19.4 Å². The molecule has 6 heteroatoms. The number of sulfonamides is 1. The molecule has 5 nitrogen and oxygen atoms in total. The number of hydrogen-bond acceptors (Lipinski definition) is 3. The van der Waals surface area contributed by atoms with E-state index in [2.05, 4.69) is 5.32 Å². The Morgan fingerprint density at radius 2 is 1.89 bits per heavy atom. The molecule has 1 aromatic rings. The smallest absolute Gasteiger partial charge is 0.235 e. The second-order valence-electron chi connectivity index (χ2n) is 4.36. The Morgan fingerprint density at radius 1 is 1.32 bits per heavy atom. The standard InChI is InChI=1S/C13H20N2O3S/c1-4-19(17,18)15(3)10-13(16)14-11(2)12-8-6-5-7-9-12/h5-9,11H,4,10H2,1-3H3,(H,14,16)/t11-/m1/s1. The molecule has 0 bridgehead atoms. The number of benzene rings is 1. The van der Waals surface area contributed by atoms with Gasteiger partial charge in [-0.25, -0.2) is 8.42 Å². The Kier molecular flexibility index (Phi) is 5.50. The van der Waals surface area contributed by atoms with Crippen molar-refractivity contribution in [3.8, 4) is 0 Å². The molecule has 1 amide bonds. The molecule has 1 aromatic carbocycles. The third-order valence-electron chi connectivity index (χ3n) is 2.88. The second kappa shape index (κ2) is 6.68. The lowest BCUT2D eigenvalue weighted by Crippen LogP contribution is -2.39. The van der Waals surface area contributed by atoms with E-state index in [0.717, 1.165) is 9.87 Å². The van der Waals surface area contributed by atoms with Gasteiger partial charge in [-0.2, -0.15) is 4.31 Å². The van der Waals surface area contributed by atoms with E-state index in [1.807, 2.05) is 37.3 Å². The van der Waals surface area contributed by atoms with Crippen molar-refractivity contribution in [2.75, 3.05) is 19.3 Å². The molecule has 0 aromatic heterocycles. The van der Waals surface area contributed by atoms with E-state index in [1.54, 1.807) is 6.92 Å². The van der Waals surface area contributed by atoms with Gasteiger partial charge in [0.15, 0.2) is 0 Å². The molecule has 0 fully saturated rings. The van der Waals surface area contributed by atoms with Crippen LogP contribution in [0.2, 0.25) is 0 Å². The number of amides is 1. The number of nitrogens with one attached hydrogen (secondary N) is 1. The molecule has 0 aliphatic heterocycles. The predicted molar refractivity (Wildman–Crippen MR) is 75.1 cm³/mol. The highest BCUT2D eigenvalue weighted by Crippen LogP contribution is 2.10. The molecule has 106 valence electrons. The van der Waals surface area contributed by atoms with Gasteiger partial charge in [0.25, 0.3) is 0 Å². The van der Waals surface area contributed by atoms with Gasteiger partial charge in [0.1, 0.15) is 0 Å². The summed E-state index contributed by atoms with van der Waals surface area (Å²) in [4.78, 5) is 11.8. The average molecular weight is 284 g/mol. The van der Waals surface area contributed by atoms with Crippen molar-refractivity contribution in [3.05, 3.63) is 35.9 Å². The Labute approximate surface area is 114 Å². The summed E-state index contributed by atoms with van der Waals surface area (Å²) in [6.45, 7) is 3.26. The minimum atomic E-state index is -3.32. The predicted octanol–water partition coefficient (Wildman–Crippen LogP) is 1.15. The van der Waals surface area contributed by atoms with Crippen LogP contribution in [0.5, 0.6) is 0 Å². The summed E-state index contributed by atoms with van der Waals surface area (Å²) in [6, 6.07) is 9.37. The summed E-state index contributed by atoms with van der Waals surface area (Å²) in [5, 5.41) is 2.78. The summed E-state index contributed by atoms with van der Waals surface area (Å²) in [5.41, 5.74) is 0.983. The van der Waals surface area contributed by atoms with Crippen LogP contribution in [0.25, 0.3) is 0 Å². The lowest BCUT2D eigenvalue weighted by molar-refractivity contribution is -0.121. The van der Waals surface area contributed by atoms with Crippen LogP contribution in [0.1, 0.15) is 25.5 Å². The maximum atomic E-state index is 11.8. The van der Waals surface area contributed by atoms with Crippen LogP contribution in [0.4, 0.5) is 0 Å². The first-order valence-corrected chi connectivity index (χ1v) is 7.76. The van der Waals surface area contributed by atoms with Crippen LogP contribution in [-0.4, -0.2) is 38.0 Å². The van der Waals surface area contributed by atoms with Crippen molar-refractivity contribution in [3.63, 3.8) is 0 Å². The van der Waals surface area contributed by atoms with Gasteiger partial charge in [0.05, 0.1) is 18.3 Å². The van der Waals surface area contributed by atoms with Gasteiger partial charge in [0, 0.05) is 7.05 Å². The fourth-order valence-corrected chi connectivity index (χ4v) is 2.39. The van der Waals surface area contributed by atoms with E-state index in [9.17, 15) is 13.2 Å². The number of carbonyl (C=O) groups excluding carboxylic acids is 1. The highest BCUT2D eigenvalue weighted by Gasteiger charge is 2.19. The van der Waals surface area contributed by atoms with Gasteiger partial charge < -0.3 is 5.32 Å². The number of rotatable bonds is 6. The van der Waals surface area contributed by atoms with Gasteiger partial charge in [-0.3, -0.25) is 4.79 Å². The minimum absolute atomic E-state index is 0.00891. The first-order valence-electron chi connectivity index (χ1n) is 6.15. The van der Waals surface area contributed by atoms with Crippen LogP contribution < -0.4 is 5.32 Å². The Bertz CT molecular complexity index is 514. The SMILES string of the molecule is CCS(=O)(=O)N(C)CC(=O)N[C@H](C)c1ccccc1. The van der Waals surface area contributed by atoms with E-state index in [1.165, 1.54) is 7.05 Å². The molecule has 0 aliphatic carbocycles. The number of carbonyl (C=O) groups is 1. The van der Waals surface area contributed by atoms with Crippen LogP contribution in [0.3, 0.4) is 0 Å². The van der Waals surface area contributed by atoms with E-state index in [4.69, 9.17) is 0 Å². The van der Waals surface area contributed by atoms with Crippen LogP contribution in [-0.2, 0) is 14.8 Å². The zero-order chi connectivity index (χ0) is 14.5. The van der Waals surface area contributed by atoms with Crippen LogP contribution in [0, 0.1) is 0 Å². The quantitative estimate of drug-likeness (QED) is 0.852. The summed E-state index contributed by atoms with van der Waals surface area (Å²) in [6.07, 6.45) is 0. The zero-order valence-corrected chi connectivity index (χ0v) is 12.3. The minimum Gasteiger partial charge on any atom is -0.348 e. The Balaban J connectivity index is 2.57. The van der Waals surface area contributed by atoms with E-state index >= 15 is 0 Å².